The SMILES string of the molecule is COc1cc(OC)cc([C@@H](O)[C@@H](CCCc2ccccc2)Cc2ccc(CC(=O)O)cc2)c1. The molecular formula is C28H32O5. The molecule has 33 heavy (non-hydrogen) atoms. The lowest BCUT2D eigenvalue weighted by Gasteiger charge is -2.24. The van der Waals surface area contributed by atoms with Crippen LogP contribution in [-0.2, 0) is 24.1 Å². The fourth-order valence-corrected chi connectivity index (χ4v) is 4.13. The van der Waals surface area contributed by atoms with Gasteiger partial charge in [-0.3, -0.25) is 4.79 Å². The number of aryl methyl sites for hydroxylation is 1. The molecule has 3 aromatic carbocycles. The molecule has 0 saturated heterocycles. The zero-order chi connectivity index (χ0) is 23.6. The first-order valence-electron chi connectivity index (χ1n) is 11.2. The minimum Gasteiger partial charge on any atom is -0.497 e. The molecule has 0 aliphatic heterocycles. The summed E-state index contributed by atoms with van der Waals surface area (Å²) >= 11 is 0. The fourth-order valence-electron chi connectivity index (χ4n) is 4.13. The van der Waals surface area contributed by atoms with E-state index in [-0.39, 0.29) is 12.3 Å². The average molecular weight is 449 g/mol. The van der Waals surface area contributed by atoms with Crippen LogP contribution in [-0.4, -0.2) is 30.4 Å². The van der Waals surface area contributed by atoms with E-state index in [1.807, 2.05) is 54.6 Å². The molecule has 0 aliphatic rings. The molecule has 3 aromatic rings. The van der Waals surface area contributed by atoms with Crippen LogP contribution in [0.25, 0.3) is 0 Å². The van der Waals surface area contributed by atoms with E-state index < -0.39 is 12.1 Å². The summed E-state index contributed by atoms with van der Waals surface area (Å²) in [7, 11) is 3.20. The lowest BCUT2D eigenvalue weighted by molar-refractivity contribution is -0.136. The number of rotatable bonds is 12. The average Bonchev–Trinajstić information content (AvgIpc) is 2.84. The van der Waals surface area contributed by atoms with Gasteiger partial charge in [0.25, 0.3) is 0 Å². The third-order valence-corrected chi connectivity index (χ3v) is 5.92. The van der Waals surface area contributed by atoms with Crippen molar-refractivity contribution in [2.45, 2.75) is 38.2 Å². The van der Waals surface area contributed by atoms with Gasteiger partial charge >= 0.3 is 5.97 Å². The lowest BCUT2D eigenvalue weighted by Crippen LogP contribution is -2.16. The van der Waals surface area contributed by atoms with Gasteiger partial charge in [0.15, 0.2) is 0 Å². The normalized spacial score (nSPS) is 12.7. The smallest absolute Gasteiger partial charge is 0.307 e. The van der Waals surface area contributed by atoms with Crippen molar-refractivity contribution in [3.05, 3.63) is 95.1 Å². The van der Waals surface area contributed by atoms with Gasteiger partial charge in [-0.05, 0) is 66.0 Å². The van der Waals surface area contributed by atoms with Crippen LogP contribution in [0.1, 0.15) is 41.2 Å². The topological polar surface area (TPSA) is 76.0 Å². The second kappa shape index (κ2) is 12.1. The molecule has 174 valence electrons. The predicted octanol–water partition coefficient (Wildman–Crippen LogP) is 5.25. The van der Waals surface area contributed by atoms with E-state index >= 15 is 0 Å². The fraction of sp³-hybridized carbons (Fsp3) is 0.321. The van der Waals surface area contributed by atoms with Crippen molar-refractivity contribution < 1.29 is 24.5 Å². The van der Waals surface area contributed by atoms with E-state index in [2.05, 4.69) is 12.1 Å². The maximum absolute atomic E-state index is 11.4. The number of aliphatic hydroxyl groups excluding tert-OH is 1. The standard InChI is InChI=1S/C28H32O5/c1-32-25-17-24(18-26(19-25)33-2)28(31)23(10-6-9-20-7-4-3-5-8-20)15-21-11-13-22(14-12-21)16-27(29)30/h3-5,7-8,11-14,17-19,23,28,31H,6,9-10,15-16H2,1-2H3,(H,29,30)/t23-,28-/m0/s1. The minimum absolute atomic E-state index is 0.00696. The van der Waals surface area contributed by atoms with Crippen LogP contribution in [0.15, 0.2) is 72.8 Å². The van der Waals surface area contributed by atoms with Crippen LogP contribution >= 0.6 is 0 Å². The first-order chi connectivity index (χ1) is 16.0. The van der Waals surface area contributed by atoms with Crippen molar-refractivity contribution >= 4 is 5.97 Å². The summed E-state index contributed by atoms with van der Waals surface area (Å²) in [4.78, 5) is 11.0. The van der Waals surface area contributed by atoms with Gasteiger partial charge in [-0.1, -0.05) is 54.6 Å². The van der Waals surface area contributed by atoms with E-state index in [0.29, 0.717) is 17.9 Å². The van der Waals surface area contributed by atoms with E-state index in [4.69, 9.17) is 14.6 Å². The van der Waals surface area contributed by atoms with E-state index in [1.165, 1.54) is 5.56 Å². The maximum atomic E-state index is 11.4. The van der Waals surface area contributed by atoms with Crippen LogP contribution in [0.5, 0.6) is 11.5 Å². The zero-order valence-electron chi connectivity index (χ0n) is 19.2. The van der Waals surface area contributed by atoms with E-state index in [9.17, 15) is 9.90 Å². The van der Waals surface area contributed by atoms with Crippen LogP contribution < -0.4 is 9.47 Å². The van der Waals surface area contributed by atoms with Gasteiger partial charge in [0.05, 0.1) is 26.7 Å². The quantitative estimate of drug-likeness (QED) is 0.396. The molecule has 0 aromatic heterocycles. The first kappa shape index (κ1) is 24.3. The van der Waals surface area contributed by atoms with Gasteiger partial charge < -0.3 is 19.7 Å². The Kier molecular flexibility index (Phi) is 8.90. The Morgan fingerprint density at radius 2 is 1.45 bits per heavy atom. The number of carbonyl (C=O) groups is 1. The van der Waals surface area contributed by atoms with Gasteiger partial charge in [0.2, 0.25) is 0 Å². The molecule has 0 amide bonds. The number of hydrogen-bond acceptors (Lipinski definition) is 4. The Labute approximate surface area is 195 Å². The molecule has 0 saturated carbocycles. The molecule has 0 bridgehead atoms. The molecule has 0 heterocycles. The molecule has 0 spiro atoms. The summed E-state index contributed by atoms with van der Waals surface area (Å²) in [6.07, 6.45) is 2.73. The van der Waals surface area contributed by atoms with Crippen molar-refractivity contribution in [1.29, 1.82) is 0 Å². The Morgan fingerprint density at radius 1 is 0.848 bits per heavy atom. The van der Waals surface area contributed by atoms with Crippen molar-refractivity contribution in [1.82, 2.24) is 0 Å². The monoisotopic (exact) mass is 448 g/mol. The zero-order valence-corrected chi connectivity index (χ0v) is 19.2. The number of hydrogen-bond donors (Lipinski definition) is 2. The molecule has 0 fully saturated rings. The van der Waals surface area contributed by atoms with Gasteiger partial charge in [0.1, 0.15) is 11.5 Å². The minimum atomic E-state index is -0.844. The number of ether oxygens (including phenoxy) is 2. The van der Waals surface area contributed by atoms with Crippen molar-refractivity contribution in [2.24, 2.45) is 5.92 Å². The highest BCUT2D eigenvalue weighted by Crippen LogP contribution is 2.34. The van der Waals surface area contributed by atoms with Crippen LogP contribution in [0.2, 0.25) is 0 Å². The second-order valence-corrected chi connectivity index (χ2v) is 8.32. The van der Waals surface area contributed by atoms with Crippen molar-refractivity contribution in [2.75, 3.05) is 14.2 Å². The number of benzene rings is 3. The third kappa shape index (κ3) is 7.36. The molecule has 5 nitrogen and oxygen atoms in total. The van der Waals surface area contributed by atoms with E-state index in [0.717, 1.165) is 36.0 Å². The lowest BCUT2D eigenvalue weighted by atomic mass is 9.85. The Balaban J connectivity index is 1.78. The Hall–Kier alpha value is -3.31. The molecule has 0 aliphatic carbocycles. The molecule has 0 radical (unpaired) electrons. The van der Waals surface area contributed by atoms with Gasteiger partial charge in [-0.25, -0.2) is 0 Å². The second-order valence-electron chi connectivity index (χ2n) is 8.32. The molecular weight excluding hydrogens is 416 g/mol. The van der Waals surface area contributed by atoms with Gasteiger partial charge in [-0.15, -0.1) is 0 Å². The largest absolute Gasteiger partial charge is 0.497 e. The first-order valence-corrected chi connectivity index (χ1v) is 11.2. The highest BCUT2D eigenvalue weighted by Gasteiger charge is 2.23. The number of carboxylic acids is 1. The molecule has 3 rings (SSSR count). The Bertz CT molecular complexity index is 992. The maximum Gasteiger partial charge on any atom is 0.307 e. The molecule has 0 unspecified atom stereocenters. The summed E-state index contributed by atoms with van der Waals surface area (Å²) in [5.74, 6) is 0.425. The molecule has 2 atom stereocenters. The van der Waals surface area contributed by atoms with Gasteiger partial charge in [-0.2, -0.15) is 0 Å². The number of methoxy groups -OCH3 is 2. The van der Waals surface area contributed by atoms with E-state index in [1.54, 1.807) is 20.3 Å². The molecule has 2 N–H and O–H groups in total. The summed E-state index contributed by atoms with van der Waals surface area (Å²) in [5, 5.41) is 20.4. The predicted molar refractivity (Wildman–Crippen MR) is 129 cm³/mol. The summed E-state index contributed by atoms with van der Waals surface area (Å²) < 4.78 is 10.8. The van der Waals surface area contributed by atoms with Gasteiger partial charge in [0, 0.05) is 6.07 Å². The Morgan fingerprint density at radius 3 is 2.03 bits per heavy atom. The number of aliphatic carboxylic acids is 1. The van der Waals surface area contributed by atoms with Crippen LogP contribution in [0.3, 0.4) is 0 Å². The van der Waals surface area contributed by atoms with Crippen LogP contribution in [0, 0.1) is 5.92 Å². The third-order valence-electron chi connectivity index (χ3n) is 5.92. The highest BCUT2D eigenvalue weighted by molar-refractivity contribution is 5.70. The van der Waals surface area contributed by atoms with Crippen LogP contribution in [0.4, 0.5) is 0 Å². The van der Waals surface area contributed by atoms with Crippen molar-refractivity contribution in [3.8, 4) is 11.5 Å². The number of aliphatic hydroxyl groups is 1. The van der Waals surface area contributed by atoms with Crippen molar-refractivity contribution in [3.63, 3.8) is 0 Å². The number of carboxylic acid groups (broad SMARTS) is 1. The molecule has 5 heteroatoms. The summed E-state index contributed by atoms with van der Waals surface area (Å²) in [5.41, 5.74) is 3.89. The summed E-state index contributed by atoms with van der Waals surface area (Å²) in [6.45, 7) is 0. The summed E-state index contributed by atoms with van der Waals surface area (Å²) in [6, 6.07) is 23.5. The highest BCUT2D eigenvalue weighted by atomic mass is 16.5.